The molecule has 0 atom stereocenters. The Labute approximate surface area is 67.1 Å². The first-order valence-electron chi connectivity index (χ1n) is 3.59. The highest BCUT2D eigenvalue weighted by molar-refractivity contribution is 7.07. The predicted octanol–water partition coefficient (Wildman–Crippen LogP) is 2.49. The fourth-order valence-corrected chi connectivity index (χ4v) is 1.27. The maximum absolute atomic E-state index is 3.08. The van der Waals surface area contributed by atoms with E-state index in [1.807, 2.05) is 20.9 Å². The van der Waals surface area contributed by atoms with E-state index in [4.69, 9.17) is 0 Å². The summed E-state index contributed by atoms with van der Waals surface area (Å²) < 4.78 is 0. The summed E-state index contributed by atoms with van der Waals surface area (Å²) in [5.74, 6) is 0. The third-order valence-corrected chi connectivity index (χ3v) is 1.69. The number of hydrogen-bond acceptors (Lipinski definition) is 2. The second-order valence-corrected chi connectivity index (χ2v) is 2.44. The number of hydrogen-bond donors (Lipinski definition) is 1. The maximum atomic E-state index is 3.08. The summed E-state index contributed by atoms with van der Waals surface area (Å²) in [6.07, 6.45) is 0. The van der Waals surface area contributed by atoms with Gasteiger partial charge in [-0.3, -0.25) is 0 Å². The third kappa shape index (κ3) is 3.64. The zero-order valence-corrected chi connectivity index (χ0v) is 7.66. The van der Waals surface area contributed by atoms with E-state index in [1.54, 1.807) is 11.3 Å². The standard InChI is InChI=1S/C6H9NS.C2H6/c1-7-4-6-2-3-8-5-6;1-2/h2-3,5,7H,4H2,1H3;1-2H3. The van der Waals surface area contributed by atoms with Gasteiger partial charge in [0.05, 0.1) is 0 Å². The van der Waals surface area contributed by atoms with Crippen molar-refractivity contribution in [2.45, 2.75) is 20.4 Å². The zero-order chi connectivity index (χ0) is 7.82. The van der Waals surface area contributed by atoms with Crippen LogP contribution in [0.1, 0.15) is 19.4 Å². The highest BCUT2D eigenvalue weighted by atomic mass is 32.1. The molecule has 1 heterocycles. The van der Waals surface area contributed by atoms with Crippen LogP contribution < -0.4 is 5.32 Å². The lowest BCUT2D eigenvalue weighted by Crippen LogP contribution is -2.03. The van der Waals surface area contributed by atoms with Gasteiger partial charge in [0.15, 0.2) is 0 Å². The van der Waals surface area contributed by atoms with Crippen molar-refractivity contribution in [3.8, 4) is 0 Å². The van der Waals surface area contributed by atoms with Gasteiger partial charge in [0.25, 0.3) is 0 Å². The van der Waals surface area contributed by atoms with Crippen LogP contribution in [0.3, 0.4) is 0 Å². The minimum absolute atomic E-state index is 0.990. The first-order valence-corrected chi connectivity index (χ1v) is 4.53. The van der Waals surface area contributed by atoms with Crippen molar-refractivity contribution in [2.24, 2.45) is 0 Å². The van der Waals surface area contributed by atoms with Crippen LogP contribution in [0.4, 0.5) is 0 Å². The highest BCUT2D eigenvalue weighted by Crippen LogP contribution is 2.03. The van der Waals surface area contributed by atoms with Crippen LogP contribution in [-0.2, 0) is 6.54 Å². The molecule has 0 aromatic carbocycles. The van der Waals surface area contributed by atoms with Gasteiger partial charge < -0.3 is 5.32 Å². The molecule has 0 fully saturated rings. The molecule has 0 amide bonds. The fraction of sp³-hybridized carbons (Fsp3) is 0.500. The van der Waals surface area contributed by atoms with E-state index < -0.39 is 0 Å². The van der Waals surface area contributed by atoms with Gasteiger partial charge in [0, 0.05) is 6.54 Å². The molecule has 10 heavy (non-hydrogen) atoms. The molecule has 0 saturated carbocycles. The largest absolute Gasteiger partial charge is 0.316 e. The average molecular weight is 157 g/mol. The molecule has 0 unspecified atom stereocenters. The molecular weight excluding hydrogens is 142 g/mol. The van der Waals surface area contributed by atoms with Gasteiger partial charge in [-0.15, -0.1) is 0 Å². The molecule has 0 radical (unpaired) electrons. The first kappa shape index (κ1) is 9.66. The molecule has 0 bridgehead atoms. The van der Waals surface area contributed by atoms with Crippen LogP contribution in [0.25, 0.3) is 0 Å². The lowest BCUT2D eigenvalue weighted by Gasteiger charge is -1.89. The predicted molar refractivity (Wildman–Crippen MR) is 48.4 cm³/mol. The summed E-state index contributed by atoms with van der Waals surface area (Å²) in [6, 6.07) is 2.13. The van der Waals surface area contributed by atoms with E-state index in [0.717, 1.165) is 6.54 Å². The van der Waals surface area contributed by atoms with Crippen LogP contribution in [0.15, 0.2) is 16.8 Å². The van der Waals surface area contributed by atoms with Crippen molar-refractivity contribution in [3.63, 3.8) is 0 Å². The number of rotatable bonds is 2. The molecule has 0 spiro atoms. The van der Waals surface area contributed by atoms with E-state index in [-0.39, 0.29) is 0 Å². The molecule has 58 valence electrons. The van der Waals surface area contributed by atoms with Crippen LogP contribution in [-0.4, -0.2) is 7.05 Å². The van der Waals surface area contributed by atoms with Crippen molar-refractivity contribution in [1.82, 2.24) is 5.32 Å². The van der Waals surface area contributed by atoms with E-state index in [1.165, 1.54) is 5.56 Å². The van der Waals surface area contributed by atoms with Gasteiger partial charge in [-0.25, -0.2) is 0 Å². The Kier molecular flexibility index (Phi) is 6.55. The summed E-state index contributed by atoms with van der Waals surface area (Å²) in [7, 11) is 1.96. The lowest BCUT2D eigenvalue weighted by molar-refractivity contribution is 0.821. The van der Waals surface area contributed by atoms with Gasteiger partial charge in [-0.2, -0.15) is 11.3 Å². The van der Waals surface area contributed by atoms with Gasteiger partial charge in [-0.1, -0.05) is 13.8 Å². The molecule has 2 heteroatoms. The van der Waals surface area contributed by atoms with Crippen molar-refractivity contribution >= 4 is 11.3 Å². The Morgan fingerprint density at radius 2 is 2.20 bits per heavy atom. The van der Waals surface area contributed by atoms with Gasteiger partial charge in [0.1, 0.15) is 0 Å². The Morgan fingerprint density at radius 3 is 2.60 bits per heavy atom. The highest BCUT2D eigenvalue weighted by Gasteiger charge is 1.85. The van der Waals surface area contributed by atoms with Crippen LogP contribution in [0, 0.1) is 0 Å². The molecule has 0 aliphatic heterocycles. The van der Waals surface area contributed by atoms with E-state index in [9.17, 15) is 0 Å². The lowest BCUT2D eigenvalue weighted by atomic mass is 10.3. The van der Waals surface area contributed by atoms with Crippen molar-refractivity contribution in [3.05, 3.63) is 22.4 Å². The molecule has 1 rings (SSSR count). The Bertz CT molecular complexity index is 135. The summed E-state index contributed by atoms with van der Waals surface area (Å²) in [5.41, 5.74) is 1.37. The fourth-order valence-electron chi connectivity index (χ4n) is 0.597. The number of nitrogens with one attached hydrogen (secondary N) is 1. The topological polar surface area (TPSA) is 12.0 Å². The molecule has 0 aliphatic carbocycles. The Hall–Kier alpha value is -0.340. The average Bonchev–Trinajstić information content (AvgIpc) is 2.46. The summed E-state index contributed by atoms with van der Waals surface area (Å²) >= 11 is 1.74. The molecule has 0 aliphatic rings. The molecule has 1 aromatic rings. The van der Waals surface area contributed by atoms with Crippen LogP contribution >= 0.6 is 11.3 Å². The van der Waals surface area contributed by atoms with Crippen LogP contribution in [0.5, 0.6) is 0 Å². The van der Waals surface area contributed by atoms with Crippen molar-refractivity contribution in [1.29, 1.82) is 0 Å². The first-order chi connectivity index (χ1) is 4.93. The zero-order valence-electron chi connectivity index (χ0n) is 6.85. The summed E-state index contributed by atoms with van der Waals surface area (Å²) in [4.78, 5) is 0. The molecule has 0 saturated heterocycles. The molecule has 1 nitrogen and oxygen atoms in total. The Morgan fingerprint density at radius 1 is 1.50 bits per heavy atom. The van der Waals surface area contributed by atoms with Crippen molar-refractivity contribution < 1.29 is 0 Å². The minimum Gasteiger partial charge on any atom is -0.316 e. The van der Waals surface area contributed by atoms with Crippen molar-refractivity contribution in [2.75, 3.05) is 7.05 Å². The monoisotopic (exact) mass is 157 g/mol. The maximum Gasteiger partial charge on any atom is 0.0210 e. The molecule has 1 aromatic heterocycles. The second kappa shape index (κ2) is 6.78. The SMILES string of the molecule is CC.CNCc1ccsc1. The second-order valence-electron chi connectivity index (χ2n) is 1.66. The molecule has 1 N–H and O–H groups in total. The quantitative estimate of drug-likeness (QED) is 0.695. The smallest absolute Gasteiger partial charge is 0.0210 e. The Balaban J connectivity index is 0.000000371. The van der Waals surface area contributed by atoms with Crippen LogP contribution in [0.2, 0.25) is 0 Å². The summed E-state index contributed by atoms with van der Waals surface area (Å²) in [6.45, 7) is 4.99. The van der Waals surface area contributed by atoms with E-state index in [2.05, 4.69) is 22.1 Å². The van der Waals surface area contributed by atoms with E-state index in [0.29, 0.717) is 0 Å². The third-order valence-electron chi connectivity index (χ3n) is 0.961. The van der Waals surface area contributed by atoms with Gasteiger partial charge >= 0.3 is 0 Å². The normalized spacial score (nSPS) is 8.30. The molecular formula is C8H15NS. The minimum atomic E-state index is 0.990. The van der Waals surface area contributed by atoms with Gasteiger partial charge in [0.2, 0.25) is 0 Å². The summed E-state index contributed by atoms with van der Waals surface area (Å²) in [5, 5.41) is 7.32. The van der Waals surface area contributed by atoms with E-state index >= 15 is 0 Å². The van der Waals surface area contributed by atoms with Gasteiger partial charge in [-0.05, 0) is 29.4 Å². The number of thiophene rings is 1.